The molecule has 0 bridgehead atoms. The standard InChI is InChI=1S/C18H32N2O4S/c1-10(2)7-14(19)18(24)20-15(8-11(3)4)17(23)16(22)13(9-25-6)12(5)21/h10-11,13-15H,7-9,19H2,1-6H3,(H,20,24)/t13?,14-,15-/m0/s1. The molecule has 3 atom stereocenters. The van der Waals surface area contributed by atoms with Crippen LogP contribution in [0.1, 0.15) is 47.5 Å². The van der Waals surface area contributed by atoms with Crippen molar-refractivity contribution in [2.45, 2.75) is 59.5 Å². The quantitative estimate of drug-likeness (QED) is 0.398. The van der Waals surface area contributed by atoms with Gasteiger partial charge in [0.25, 0.3) is 0 Å². The van der Waals surface area contributed by atoms with E-state index in [1.165, 1.54) is 18.7 Å². The van der Waals surface area contributed by atoms with Gasteiger partial charge in [-0.05, 0) is 37.9 Å². The Morgan fingerprint density at radius 1 is 0.960 bits per heavy atom. The van der Waals surface area contributed by atoms with E-state index in [1.54, 1.807) is 6.26 Å². The Hall–Kier alpha value is -1.21. The van der Waals surface area contributed by atoms with Gasteiger partial charge in [0.2, 0.25) is 17.5 Å². The zero-order valence-electron chi connectivity index (χ0n) is 16.1. The van der Waals surface area contributed by atoms with Crippen LogP contribution in [0.25, 0.3) is 0 Å². The first kappa shape index (κ1) is 23.8. The summed E-state index contributed by atoms with van der Waals surface area (Å²) in [6.45, 7) is 9.01. The largest absolute Gasteiger partial charge is 0.344 e. The van der Waals surface area contributed by atoms with Crippen molar-refractivity contribution in [1.29, 1.82) is 0 Å². The van der Waals surface area contributed by atoms with Crippen LogP contribution < -0.4 is 11.1 Å². The van der Waals surface area contributed by atoms with Crippen molar-refractivity contribution in [3.05, 3.63) is 0 Å². The van der Waals surface area contributed by atoms with Crippen molar-refractivity contribution in [2.75, 3.05) is 12.0 Å². The smallest absolute Gasteiger partial charge is 0.237 e. The number of ketones is 3. The minimum absolute atomic E-state index is 0.0969. The van der Waals surface area contributed by atoms with E-state index in [0.29, 0.717) is 12.8 Å². The van der Waals surface area contributed by atoms with E-state index in [9.17, 15) is 19.2 Å². The van der Waals surface area contributed by atoms with E-state index in [2.05, 4.69) is 5.32 Å². The molecule has 0 aliphatic carbocycles. The minimum Gasteiger partial charge on any atom is -0.344 e. The lowest BCUT2D eigenvalue weighted by atomic mass is 9.91. The van der Waals surface area contributed by atoms with Gasteiger partial charge in [0.05, 0.1) is 18.0 Å². The summed E-state index contributed by atoms with van der Waals surface area (Å²) in [7, 11) is 0. The minimum atomic E-state index is -0.960. The fraction of sp³-hybridized carbons (Fsp3) is 0.778. The lowest BCUT2D eigenvalue weighted by Gasteiger charge is -2.23. The molecule has 25 heavy (non-hydrogen) atoms. The average Bonchev–Trinajstić information content (AvgIpc) is 2.48. The number of nitrogens with two attached hydrogens (primary N) is 1. The molecule has 0 saturated carbocycles. The Morgan fingerprint density at radius 2 is 1.48 bits per heavy atom. The Morgan fingerprint density at radius 3 is 1.88 bits per heavy atom. The molecule has 0 aromatic carbocycles. The number of nitrogens with one attached hydrogen (secondary N) is 1. The normalized spacial score (nSPS) is 14.9. The molecule has 0 radical (unpaired) electrons. The highest BCUT2D eigenvalue weighted by molar-refractivity contribution is 7.98. The van der Waals surface area contributed by atoms with Gasteiger partial charge in [0.1, 0.15) is 5.78 Å². The first-order valence-corrected chi connectivity index (χ1v) is 10.0. The van der Waals surface area contributed by atoms with E-state index in [4.69, 9.17) is 5.73 Å². The van der Waals surface area contributed by atoms with Crippen LogP contribution in [0.5, 0.6) is 0 Å². The number of carbonyl (C=O) groups is 4. The maximum Gasteiger partial charge on any atom is 0.237 e. The molecule has 0 aromatic heterocycles. The summed E-state index contributed by atoms with van der Waals surface area (Å²) in [5, 5.41) is 2.62. The highest BCUT2D eigenvalue weighted by atomic mass is 32.2. The van der Waals surface area contributed by atoms with E-state index >= 15 is 0 Å². The lowest BCUT2D eigenvalue weighted by molar-refractivity contribution is -0.143. The van der Waals surface area contributed by atoms with Gasteiger partial charge in [-0.1, -0.05) is 27.7 Å². The molecule has 0 fully saturated rings. The lowest BCUT2D eigenvalue weighted by Crippen LogP contribution is -2.52. The summed E-state index contributed by atoms with van der Waals surface area (Å²) in [6, 6.07) is -1.67. The van der Waals surface area contributed by atoms with Crippen molar-refractivity contribution in [2.24, 2.45) is 23.5 Å². The summed E-state index contributed by atoms with van der Waals surface area (Å²) in [4.78, 5) is 49.0. The molecule has 0 heterocycles. The molecule has 3 N–H and O–H groups in total. The van der Waals surface area contributed by atoms with Gasteiger partial charge in [-0.15, -0.1) is 0 Å². The van der Waals surface area contributed by atoms with Crippen LogP contribution in [0.15, 0.2) is 0 Å². The third-order valence-electron chi connectivity index (χ3n) is 3.79. The van der Waals surface area contributed by atoms with Gasteiger partial charge in [-0.25, -0.2) is 0 Å². The fourth-order valence-electron chi connectivity index (χ4n) is 2.48. The highest BCUT2D eigenvalue weighted by Crippen LogP contribution is 2.14. The van der Waals surface area contributed by atoms with Gasteiger partial charge in [-0.2, -0.15) is 11.8 Å². The van der Waals surface area contributed by atoms with Crippen LogP contribution in [0.2, 0.25) is 0 Å². The molecule has 0 aromatic rings. The number of amides is 1. The van der Waals surface area contributed by atoms with Gasteiger partial charge >= 0.3 is 0 Å². The van der Waals surface area contributed by atoms with Crippen LogP contribution in [-0.4, -0.2) is 47.3 Å². The first-order valence-electron chi connectivity index (χ1n) is 8.64. The molecule has 0 spiro atoms. The van der Waals surface area contributed by atoms with Crippen LogP contribution in [-0.2, 0) is 19.2 Å². The van der Waals surface area contributed by atoms with E-state index in [1.807, 2.05) is 27.7 Å². The molecule has 1 amide bonds. The van der Waals surface area contributed by atoms with Gasteiger partial charge < -0.3 is 11.1 Å². The SMILES string of the molecule is CSCC(C(C)=O)C(=O)C(=O)[C@H](CC(C)C)NC(=O)[C@@H](N)CC(C)C. The molecular formula is C18H32N2O4S. The Balaban J connectivity index is 5.24. The number of Topliss-reactive ketones (excluding diaryl/α,β-unsaturated/α-hetero) is 3. The van der Waals surface area contributed by atoms with Crippen LogP contribution in [0, 0.1) is 17.8 Å². The Bertz CT molecular complexity index is 491. The predicted octanol–water partition coefficient (Wildman–Crippen LogP) is 1.60. The Labute approximate surface area is 155 Å². The van der Waals surface area contributed by atoms with Crippen molar-refractivity contribution < 1.29 is 19.2 Å². The van der Waals surface area contributed by atoms with Crippen molar-refractivity contribution in [3.8, 4) is 0 Å². The van der Waals surface area contributed by atoms with Crippen LogP contribution in [0.3, 0.4) is 0 Å². The van der Waals surface area contributed by atoms with E-state index in [-0.39, 0.29) is 23.4 Å². The summed E-state index contributed by atoms with van der Waals surface area (Å²) in [5.74, 6) is -2.58. The summed E-state index contributed by atoms with van der Waals surface area (Å²) in [5.41, 5.74) is 5.86. The average molecular weight is 373 g/mol. The zero-order valence-corrected chi connectivity index (χ0v) is 16.9. The summed E-state index contributed by atoms with van der Waals surface area (Å²) < 4.78 is 0. The van der Waals surface area contributed by atoms with Gasteiger partial charge in [0.15, 0.2) is 0 Å². The van der Waals surface area contributed by atoms with Crippen molar-refractivity contribution in [3.63, 3.8) is 0 Å². The highest BCUT2D eigenvalue weighted by Gasteiger charge is 2.35. The second kappa shape index (κ2) is 11.4. The molecule has 0 aliphatic heterocycles. The first-order chi connectivity index (χ1) is 11.5. The third kappa shape index (κ3) is 8.63. The molecule has 0 aliphatic rings. The fourth-order valence-corrected chi connectivity index (χ4v) is 3.20. The van der Waals surface area contributed by atoms with Crippen LogP contribution >= 0.6 is 11.8 Å². The molecule has 1 unspecified atom stereocenters. The van der Waals surface area contributed by atoms with E-state index < -0.39 is 35.5 Å². The van der Waals surface area contributed by atoms with E-state index in [0.717, 1.165) is 0 Å². The molecule has 6 nitrogen and oxygen atoms in total. The molecule has 144 valence electrons. The third-order valence-corrected chi connectivity index (χ3v) is 4.45. The maximum atomic E-state index is 12.6. The number of thioether (sulfide) groups is 1. The van der Waals surface area contributed by atoms with Gasteiger partial charge in [0, 0.05) is 5.75 Å². The Kier molecular flexibility index (Phi) is 10.9. The predicted molar refractivity (Wildman–Crippen MR) is 101 cm³/mol. The number of carbonyl (C=O) groups excluding carboxylic acids is 4. The topological polar surface area (TPSA) is 106 Å². The molecule has 0 saturated heterocycles. The maximum absolute atomic E-state index is 12.6. The van der Waals surface area contributed by atoms with Gasteiger partial charge in [-0.3, -0.25) is 19.2 Å². The monoisotopic (exact) mass is 372 g/mol. The molecule has 0 rings (SSSR count). The number of hydrogen-bond donors (Lipinski definition) is 2. The van der Waals surface area contributed by atoms with Crippen molar-refractivity contribution >= 4 is 35.0 Å². The second-order valence-corrected chi connectivity index (χ2v) is 8.18. The van der Waals surface area contributed by atoms with Crippen molar-refractivity contribution in [1.82, 2.24) is 5.32 Å². The zero-order chi connectivity index (χ0) is 19.7. The molecule has 7 heteroatoms. The summed E-state index contributed by atoms with van der Waals surface area (Å²) in [6.07, 6.45) is 2.59. The second-order valence-electron chi connectivity index (χ2n) is 7.27. The number of hydrogen-bond acceptors (Lipinski definition) is 6. The molecular weight excluding hydrogens is 340 g/mol. The number of rotatable bonds is 12. The van der Waals surface area contributed by atoms with Crippen LogP contribution in [0.4, 0.5) is 0 Å². The summed E-state index contributed by atoms with van der Waals surface area (Å²) >= 11 is 1.33.